The summed E-state index contributed by atoms with van der Waals surface area (Å²) in [6.07, 6.45) is 9.05. The van der Waals surface area contributed by atoms with Gasteiger partial charge in [-0.25, -0.2) is 0 Å². The summed E-state index contributed by atoms with van der Waals surface area (Å²) in [5, 5.41) is 0. The van der Waals surface area contributed by atoms with E-state index in [0.717, 1.165) is 43.6 Å². The standard InChI is InChI=1S/C29H40O4/c1-17(2)19-16-29-14-11-22-27(3,12-8-13-28(22,4)26(30)33-7)23(29)15-18(19)24-20(31-5)9-10-21(32-6)25(24)29/h9-10,16-18,22-23H,8,11-15H2,1-7H3/t18-,22+,23-,27-,28+,29-/m0/s1. The van der Waals surface area contributed by atoms with E-state index < -0.39 is 5.41 Å². The summed E-state index contributed by atoms with van der Waals surface area (Å²) < 4.78 is 17.3. The summed E-state index contributed by atoms with van der Waals surface area (Å²) in [5.74, 6) is 3.64. The minimum Gasteiger partial charge on any atom is -0.496 e. The molecule has 6 rings (SSSR count). The molecule has 0 aromatic heterocycles. The lowest BCUT2D eigenvalue weighted by molar-refractivity contribution is -0.175. The Labute approximate surface area is 199 Å². The van der Waals surface area contributed by atoms with Gasteiger partial charge in [-0.05, 0) is 74.3 Å². The van der Waals surface area contributed by atoms with Gasteiger partial charge in [-0.3, -0.25) is 4.79 Å². The number of ether oxygens (including phenoxy) is 3. The topological polar surface area (TPSA) is 44.8 Å². The van der Waals surface area contributed by atoms with E-state index in [0.29, 0.717) is 23.7 Å². The van der Waals surface area contributed by atoms with Gasteiger partial charge in [0, 0.05) is 22.5 Å². The Kier molecular flexibility index (Phi) is 5.19. The summed E-state index contributed by atoms with van der Waals surface area (Å²) in [7, 11) is 5.14. The summed E-state index contributed by atoms with van der Waals surface area (Å²) in [4.78, 5) is 13.1. The second kappa shape index (κ2) is 7.52. The highest BCUT2D eigenvalue weighted by Crippen LogP contribution is 2.73. The molecule has 0 unspecified atom stereocenters. The van der Waals surface area contributed by atoms with Gasteiger partial charge in [-0.15, -0.1) is 0 Å². The number of carbonyl (C=O) groups excluding carboxylic acids is 1. The third-order valence-electron chi connectivity index (χ3n) is 10.3. The number of hydrogen-bond acceptors (Lipinski definition) is 4. The van der Waals surface area contributed by atoms with Crippen molar-refractivity contribution in [1.82, 2.24) is 0 Å². The number of carbonyl (C=O) groups is 1. The van der Waals surface area contributed by atoms with Crippen LogP contribution >= 0.6 is 0 Å². The maximum Gasteiger partial charge on any atom is 0.311 e. The molecule has 0 aliphatic heterocycles. The first-order valence-electron chi connectivity index (χ1n) is 12.7. The van der Waals surface area contributed by atoms with E-state index in [1.165, 1.54) is 17.5 Å². The van der Waals surface area contributed by atoms with Crippen molar-refractivity contribution in [2.75, 3.05) is 21.3 Å². The first kappa shape index (κ1) is 22.8. The van der Waals surface area contributed by atoms with Crippen molar-refractivity contribution < 1.29 is 19.0 Å². The van der Waals surface area contributed by atoms with Crippen molar-refractivity contribution in [3.8, 4) is 11.5 Å². The summed E-state index contributed by atoms with van der Waals surface area (Å²) in [6.45, 7) is 9.31. The minimum atomic E-state index is -0.397. The van der Waals surface area contributed by atoms with Gasteiger partial charge in [-0.1, -0.05) is 38.8 Å². The van der Waals surface area contributed by atoms with E-state index in [1.807, 2.05) is 0 Å². The molecule has 2 fully saturated rings. The Balaban J connectivity index is 1.73. The van der Waals surface area contributed by atoms with Gasteiger partial charge < -0.3 is 14.2 Å². The van der Waals surface area contributed by atoms with E-state index >= 15 is 0 Å². The quantitative estimate of drug-likeness (QED) is 0.390. The summed E-state index contributed by atoms with van der Waals surface area (Å²) >= 11 is 0. The van der Waals surface area contributed by atoms with E-state index in [-0.39, 0.29) is 16.8 Å². The second-order valence-electron chi connectivity index (χ2n) is 11.8. The number of benzene rings is 1. The highest BCUT2D eigenvalue weighted by Gasteiger charge is 2.66. The van der Waals surface area contributed by atoms with E-state index in [2.05, 4.69) is 45.9 Å². The Morgan fingerprint density at radius 1 is 1.00 bits per heavy atom. The average molecular weight is 453 g/mol. The fourth-order valence-corrected chi connectivity index (χ4v) is 9.00. The molecule has 0 amide bonds. The molecule has 1 spiro atoms. The van der Waals surface area contributed by atoms with E-state index in [1.54, 1.807) is 26.9 Å². The molecule has 2 bridgehead atoms. The normalized spacial score (nSPS) is 38.7. The van der Waals surface area contributed by atoms with Crippen LogP contribution in [0.5, 0.6) is 11.5 Å². The lowest BCUT2D eigenvalue weighted by atomic mass is 9.37. The van der Waals surface area contributed by atoms with Crippen molar-refractivity contribution in [3.05, 3.63) is 34.9 Å². The number of rotatable bonds is 4. The van der Waals surface area contributed by atoms with E-state index in [4.69, 9.17) is 14.2 Å². The SMILES string of the molecule is COC(=O)[C@]1(C)CCC[C@@]2(C)[C@H]1CC[C@]13C=C(C(C)C)[C@H](C[C@@H]21)c1c(OC)ccc(OC)c13. The maximum absolute atomic E-state index is 13.1. The molecule has 0 heterocycles. The van der Waals surface area contributed by atoms with Crippen LogP contribution in [0.25, 0.3) is 0 Å². The largest absolute Gasteiger partial charge is 0.496 e. The summed E-state index contributed by atoms with van der Waals surface area (Å²) in [5.41, 5.74) is 3.89. The molecular weight excluding hydrogens is 412 g/mol. The van der Waals surface area contributed by atoms with Gasteiger partial charge in [0.2, 0.25) is 0 Å². The smallest absolute Gasteiger partial charge is 0.311 e. The van der Waals surface area contributed by atoms with Crippen LogP contribution in [-0.2, 0) is 14.9 Å². The minimum absolute atomic E-state index is 0.0200. The van der Waals surface area contributed by atoms with Crippen LogP contribution in [-0.4, -0.2) is 27.3 Å². The molecule has 1 aromatic rings. The van der Waals surface area contributed by atoms with Crippen molar-refractivity contribution >= 4 is 5.97 Å². The van der Waals surface area contributed by atoms with Gasteiger partial charge >= 0.3 is 5.97 Å². The van der Waals surface area contributed by atoms with Gasteiger partial charge in [0.15, 0.2) is 0 Å². The monoisotopic (exact) mass is 452 g/mol. The van der Waals surface area contributed by atoms with Crippen molar-refractivity contribution in [3.63, 3.8) is 0 Å². The zero-order valence-corrected chi connectivity index (χ0v) is 21.4. The van der Waals surface area contributed by atoms with Crippen LogP contribution in [0.2, 0.25) is 0 Å². The van der Waals surface area contributed by atoms with Gasteiger partial charge in [0.1, 0.15) is 11.5 Å². The van der Waals surface area contributed by atoms with E-state index in [9.17, 15) is 4.79 Å². The van der Waals surface area contributed by atoms with Crippen LogP contribution in [0.3, 0.4) is 0 Å². The van der Waals surface area contributed by atoms with Crippen LogP contribution in [0.1, 0.15) is 83.3 Å². The molecule has 0 saturated heterocycles. The first-order chi connectivity index (χ1) is 15.7. The molecule has 180 valence electrons. The predicted molar refractivity (Wildman–Crippen MR) is 130 cm³/mol. The molecule has 6 atom stereocenters. The molecule has 0 N–H and O–H groups in total. The lowest BCUT2D eigenvalue weighted by Crippen LogP contribution is -2.62. The number of fused-ring (bicyclic) bond motifs is 1. The highest BCUT2D eigenvalue weighted by molar-refractivity contribution is 5.77. The lowest BCUT2D eigenvalue weighted by Gasteiger charge is -2.66. The van der Waals surface area contributed by atoms with Crippen molar-refractivity contribution in [2.45, 2.75) is 77.6 Å². The van der Waals surface area contributed by atoms with Crippen LogP contribution < -0.4 is 9.47 Å². The fraction of sp³-hybridized carbons (Fsp3) is 0.690. The molecule has 5 aliphatic carbocycles. The average Bonchev–Trinajstić information content (AvgIpc) is 2.82. The number of methoxy groups -OCH3 is 3. The number of esters is 1. The third kappa shape index (κ3) is 2.79. The molecule has 33 heavy (non-hydrogen) atoms. The van der Waals surface area contributed by atoms with Crippen molar-refractivity contribution in [1.29, 1.82) is 0 Å². The van der Waals surface area contributed by atoms with Crippen LogP contribution in [0, 0.1) is 28.6 Å². The van der Waals surface area contributed by atoms with Gasteiger partial charge in [0.25, 0.3) is 0 Å². The zero-order valence-electron chi connectivity index (χ0n) is 21.4. The molecule has 0 radical (unpaired) electrons. The summed E-state index contributed by atoms with van der Waals surface area (Å²) in [6, 6.07) is 4.19. The molecule has 4 heteroatoms. The zero-order chi connectivity index (χ0) is 23.8. The molecule has 2 saturated carbocycles. The third-order valence-corrected chi connectivity index (χ3v) is 10.3. The number of hydrogen-bond donors (Lipinski definition) is 0. The molecular formula is C29H40O4. The Morgan fingerprint density at radius 3 is 2.33 bits per heavy atom. The fourth-order valence-electron chi connectivity index (χ4n) is 9.00. The highest BCUT2D eigenvalue weighted by atomic mass is 16.5. The van der Waals surface area contributed by atoms with Crippen molar-refractivity contribution in [2.24, 2.45) is 28.6 Å². The van der Waals surface area contributed by atoms with Crippen LogP contribution in [0.4, 0.5) is 0 Å². The second-order valence-corrected chi connectivity index (χ2v) is 11.8. The Bertz CT molecular complexity index is 1010. The molecule has 1 aromatic carbocycles. The molecule has 4 nitrogen and oxygen atoms in total. The van der Waals surface area contributed by atoms with Crippen LogP contribution in [0.15, 0.2) is 23.8 Å². The molecule has 5 aliphatic rings. The van der Waals surface area contributed by atoms with Gasteiger partial charge in [-0.2, -0.15) is 0 Å². The Hall–Kier alpha value is -1.97. The first-order valence-corrected chi connectivity index (χ1v) is 12.7. The maximum atomic E-state index is 13.1. The Morgan fingerprint density at radius 2 is 1.70 bits per heavy atom. The van der Waals surface area contributed by atoms with Gasteiger partial charge in [0.05, 0.1) is 26.7 Å². The number of allylic oxidation sites excluding steroid dienone is 2. The predicted octanol–water partition coefficient (Wildman–Crippen LogP) is 6.42.